The molecule has 3 aliphatic heterocycles. The van der Waals surface area contributed by atoms with Crippen LogP contribution in [0.15, 0.2) is 18.2 Å². The Morgan fingerprint density at radius 3 is 2.55 bits per heavy atom. The number of nitriles is 1. The van der Waals surface area contributed by atoms with Crippen LogP contribution in [0.5, 0.6) is 6.01 Å². The molecule has 5 heterocycles. The average molecular weight is 742 g/mol. The van der Waals surface area contributed by atoms with E-state index >= 15 is 4.39 Å². The second-order valence-electron chi connectivity index (χ2n) is 11.6. The minimum atomic E-state index is -5.02. The van der Waals surface area contributed by atoms with Crippen LogP contribution in [0.3, 0.4) is 0 Å². The maximum absolute atomic E-state index is 16.8. The van der Waals surface area contributed by atoms with Crippen LogP contribution in [0.4, 0.5) is 32.8 Å². The highest BCUT2D eigenvalue weighted by Crippen LogP contribution is 2.48. The summed E-state index contributed by atoms with van der Waals surface area (Å²) >= 11 is 2.92. The van der Waals surface area contributed by atoms with Gasteiger partial charge in [-0.3, -0.25) is 0 Å². The summed E-state index contributed by atoms with van der Waals surface area (Å²) in [5, 5.41) is 12.9. The van der Waals surface area contributed by atoms with Crippen molar-refractivity contribution in [3.05, 3.63) is 41.0 Å². The standard InChI is InChI=1S/C29H25F5IN7OS/c1-12-8-42(35)20(12)11-43-28-39-24-16(27(40-28)41-9-13-2-3-14(10-41)38-13)6-18(29(32,33)34)22(23(24)31)15-4-5-19(30)25-21(15)17(7-36)26(37)44-25/h4-6,12-14,20,38H,2-3,8-11,37H2,1H3/t12-,13?,14?,20-/m1/s1. The Hall–Kier alpha value is -3.07. The Labute approximate surface area is 266 Å². The summed E-state index contributed by atoms with van der Waals surface area (Å²) in [4.78, 5) is 10.8. The zero-order valence-corrected chi connectivity index (χ0v) is 26.2. The predicted octanol–water partition coefficient (Wildman–Crippen LogP) is 6.25. The minimum Gasteiger partial charge on any atom is -0.462 e. The van der Waals surface area contributed by atoms with Crippen molar-refractivity contribution in [2.75, 3.05) is 36.9 Å². The van der Waals surface area contributed by atoms with Crippen molar-refractivity contribution in [2.24, 2.45) is 5.92 Å². The number of hydrogen-bond acceptors (Lipinski definition) is 9. The van der Waals surface area contributed by atoms with Gasteiger partial charge in [0.1, 0.15) is 34.8 Å². The number of aromatic nitrogens is 2. The van der Waals surface area contributed by atoms with E-state index in [4.69, 9.17) is 10.5 Å². The number of rotatable bonds is 5. The maximum Gasteiger partial charge on any atom is 0.417 e. The van der Waals surface area contributed by atoms with Gasteiger partial charge >= 0.3 is 12.2 Å². The topological polar surface area (TPSA) is 103 Å². The summed E-state index contributed by atoms with van der Waals surface area (Å²) in [6.07, 6.45) is -3.19. The number of ether oxygens (including phenoxy) is 1. The highest BCUT2D eigenvalue weighted by molar-refractivity contribution is 14.1. The lowest BCUT2D eigenvalue weighted by Crippen LogP contribution is -2.52. The molecule has 4 aromatic rings. The first-order chi connectivity index (χ1) is 20.9. The summed E-state index contributed by atoms with van der Waals surface area (Å²) in [5.41, 5.74) is 2.94. The van der Waals surface area contributed by atoms with Crippen molar-refractivity contribution >= 4 is 66.0 Å². The lowest BCUT2D eigenvalue weighted by atomic mass is 9.92. The van der Waals surface area contributed by atoms with Crippen LogP contribution in [0, 0.1) is 28.9 Å². The van der Waals surface area contributed by atoms with Gasteiger partial charge in [-0.05, 0) is 36.5 Å². The third-order valence-corrected chi connectivity index (χ3v) is 10.9. The van der Waals surface area contributed by atoms with Crippen LogP contribution in [-0.4, -0.2) is 57.4 Å². The van der Waals surface area contributed by atoms with Gasteiger partial charge in [0.2, 0.25) is 0 Å². The lowest BCUT2D eigenvalue weighted by Gasteiger charge is -2.41. The summed E-state index contributed by atoms with van der Waals surface area (Å²) in [5.74, 6) is -1.54. The van der Waals surface area contributed by atoms with E-state index in [0.717, 1.165) is 48.9 Å². The fraction of sp³-hybridized carbons (Fsp3) is 0.414. The van der Waals surface area contributed by atoms with Gasteiger partial charge in [0.05, 0.1) is 21.9 Å². The third kappa shape index (κ3) is 4.81. The first kappa shape index (κ1) is 29.6. The summed E-state index contributed by atoms with van der Waals surface area (Å²) in [6, 6.07) is 4.87. The van der Waals surface area contributed by atoms with Crippen molar-refractivity contribution < 1.29 is 26.7 Å². The number of halogens is 6. The van der Waals surface area contributed by atoms with Gasteiger partial charge in [0.25, 0.3) is 0 Å². The third-order valence-electron chi connectivity index (χ3n) is 8.77. The molecule has 44 heavy (non-hydrogen) atoms. The van der Waals surface area contributed by atoms with E-state index in [-0.39, 0.29) is 73.7 Å². The fourth-order valence-corrected chi connectivity index (χ4v) is 8.82. The number of hydrogen-bond donors (Lipinski definition) is 2. The molecule has 230 valence electrons. The SMILES string of the molecule is C[C@@H]1CN(I)[C@@H]1COc1nc(N2CC3CCC(C2)N3)c2cc(C(F)(F)F)c(-c3ccc(F)c4sc(N)c(C#N)c34)c(F)c2n1. The van der Waals surface area contributed by atoms with Gasteiger partial charge in [-0.2, -0.15) is 28.4 Å². The number of nitrogens with zero attached hydrogens (tertiary/aromatic N) is 5. The number of piperazine rings is 1. The highest BCUT2D eigenvalue weighted by atomic mass is 127. The Morgan fingerprint density at radius 2 is 1.91 bits per heavy atom. The van der Waals surface area contributed by atoms with Gasteiger partial charge in [-0.25, -0.2) is 11.9 Å². The molecule has 15 heteroatoms. The second-order valence-corrected chi connectivity index (χ2v) is 13.9. The number of fused-ring (bicyclic) bond motifs is 4. The molecule has 4 atom stereocenters. The second kappa shape index (κ2) is 10.8. The van der Waals surface area contributed by atoms with Crippen LogP contribution < -0.4 is 20.7 Å². The van der Waals surface area contributed by atoms with E-state index < -0.39 is 28.9 Å². The maximum atomic E-state index is 16.8. The monoisotopic (exact) mass is 741 g/mol. The first-order valence-corrected chi connectivity index (χ1v) is 15.8. The van der Waals surface area contributed by atoms with Crippen LogP contribution in [0.1, 0.15) is 30.9 Å². The van der Waals surface area contributed by atoms with Gasteiger partial charge in [-0.1, -0.05) is 13.0 Å². The molecule has 7 rings (SSSR count). The number of nitrogens with one attached hydrogen (secondary N) is 1. The van der Waals surface area contributed by atoms with Gasteiger partial charge in [-0.15, -0.1) is 11.3 Å². The lowest BCUT2D eigenvalue weighted by molar-refractivity contribution is -0.137. The molecule has 0 aliphatic carbocycles. The molecule has 0 radical (unpaired) electrons. The first-order valence-electron chi connectivity index (χ1n) is 14.0. The molecular weight excluding hydrogens is 716 g/mol. The predicted molar refractivity (Wildman–Crippen MR) is 166 cm³/mol. The summed E-state index contributed by atoms with van der Waals surface area (Å²) in [7, 11) is 0. The van der Waals surface area contributed by atoms with Crippen molar-refractivity contribution in [3.63, 3.8) is 0 Å². The van der Waals surface area contributed by atoms with E-state index in [1.165, 1.54) is 0 Å². The van der Waals surface area contributed by atoms with Crippen molar-refractivity contribution in [1.29, 1.82) is 5.26 Å². The van der Waals surface area contributed by atoms with E-state index in [9.17, 15) is 22.8 Å². The molecule has 3 aliphatic rings. The number of thiophene rings is 1. The molecule has 2 aromatic carbocycles. The summed E-state index contributed by atoms with van der Waals surface area (Å²) in [6.45, 7) is 4.13. The molecule has 3 N–H and O–H groups in total. The Balaban J connectivity index is 1.48. The smallest absolute Gasteiger partial charge is 0.417 e. The molecule has 0 saturated carbocycles. The van der Waals surface area contributed by atoms with Crippen LogP contribution >= 0.6 is 34.2 Å². The van der Waals surface area contributed by atoms with Gasteiger partial charge < -0.3 is 20.7 Å². The molecule has 0 spiro atoms. The van der Waals surface area contributed by atoms with Crippen molar-refractivity contribution in [1.82, 2.24) is 18.4 Å². The number of nitrogens with two attached hydrogens (primary N) is 1. The number of nitrogen functional groups attached to an aromatic ring is 1. The van der Waals surface area contributed by atoms with Crippen LogP contribution in [0.25, 0.3) is 32.1 Å². The number of anilines is 2. The Morgan fingerprint density at radius 1 is 1.18 bits per heavy atom. The molecule has 3 fully saturated rings. The molecular formula is C29H25F5IN7OS. The van der Waals surface area contributed by atoms with E-state index in [0.29, 0.717) is 19.0 Å². The van der Waals surface area contributed by atoms with E-state index in [1.807, 2.05) is 11.0 Å². The van der Waals surface area contributed by atoms with Gasteiger partial charge in [0.15, 0.2) is 5.82 Å². The molecule has 2 bridgehead atoms. The Bertz CT molecular complexity index is 1840. The number of benzene rings is 2. The van der Waals surface area contributed by atoms with E-state index in [1.54, 1.807) is 0 Å². The zero-order valence-electron chi connectivity index (χ0n) is 23.2. The average Bonchev–Trinajstić information content (AvgIpc) is 3.50. The molecule has 8 nitrogen and oxygen atoms in total. The Kier molecular flexibility index (Phi) is 7.26. The molecule has 0 amide bonds. The quantitative estimate of drug-likeness (QED) is 0.141. The van der Waals surface area contributed by atoms with Crippen LogP contribution in [-0.2, 0) is 6.18 Å². The molecule has 3 saturated heterocycles. The normalized spacial score (nSPS) is 23.7. The minimum absolute atomic E-state index is 0.0716. The highest BCUT2D eigenvalue weighted by Gasteiger charge is 2.40. The molecule has 2 aromatic heterocycles. The van der Waals surface area contributed by atoms with E-state index in [2.05, 4.69) is 48.2 Å². The molecule has 2 unspecified atom stereocenters. The largest absolute Gasteiger partial charge is 0.462 e. The van der Waals surface area contributed by atoms with Crippen LogP contribution in [0.2, 0.25) is 0 Å². The number of alkyl halides is 3. The fourth-order valence-electron chi connectivity index (χ4n) is 6.54. The summed E-state index contributed by atoms with van der Waals surface area (Å²) < 4.78 is 83.9. The van der Waals surface area contributed by atoms with Crippen molar-refractivity contribution in [2.45, 2.75) is 44.1 Å². The van der Waals surface area contributed by atoms with Gasteiger partial charge in [0, 0.05) is 70.9 Å². The zero-order chi connectivity index (χ0) is 31.1. The van der Waals surface area contributed by atoms with Crippen molar-refractivity contribution in [3.8, 4) is 23.2 Å².